The first-order chi connectivity index (χ1) is 7.04. The Kier molecular flexibility index (Phi) is 3.53. The number of rotatable bonds is 1. The molecule has 0 aliphatic rings. The van der Waals surface area contributed by atoms with Crippen molar-refractivity contribution in [2.75, 3.05) is 0 Å². The minimum atomic E-state index is -1.54. The molecule has 0 atom stereocenters. The van der Waals surface area contributed by atoms with Gasteiger partial charge < -0.3 is 0 Å². The lowest BCUT2D eigenvalue weighted by atomic mass is 10.1. The van der Waals surface area contributed by atoms with Gasteiger partial charge in [0.1, 0.15) is 11.6 Å². The van der Waals surface area contributed by atoms with E-state index >= 15 is 0 Å². The molecule has 1 aromatic carbocycles. The van der Waals surface area contributed by atoms with Crippen LogP contribution in [-0.2, 0) is 6.42 Å². The fourth-order valence-corrected chi connectivity index (χ4v) is 1.71. The van der Waals surface area contributed by atoms with E-state index in [0.717, 1.165) is 0 Å². The molecule has 0 unspecified atom stereocenters. The summed E-state index contributed by atoms with van der Waals surface area (Å²) in [4.78, 5) is 0. The summed E-state index contributed by atoms with van der Waals surface area (Å²) < 4.78 is 39.4. The van der Waals surface area contributed by atoms with Crippen LogP contribution in [0, 0.1) is 43.7 Å². The van der Waals surface area contributed by atoms with E-state index in [-0.39, 0.29) is 9.13 Å². The lowest BCUT2D eigenvalue weighted by Gasteiger charge is -2.06. The van der Waals surface area contributed by atoms with Gasteiger partial charge in [0.25, 0.3) is 0 Å². The molecule has 0 aliphatic carbocycles. The quantitative estimate of drug-likeness (QED) is 0.589. The Hall–Kier alpha value is -1.28. The summed E-state index contributed by atoms with van der Waals surface area (Å²) in [6.45, 7) is 0. The molecule has 76 valence electrons. The Morgan fingerprint density at radius 1 is 1.07 bits per heavy atom. The van der Waals surface area contributed by atoms with Gasteiger partial charge in [-0.05, 0) is 22.6 Å². The molecular weight excluding hydrogens is 320 g/mol. The van der Waals surface area contributed by atoms with Crippen LogP contribution in [0.15, 0.2) is 0 Å². The molecule has 0 aliphatic heterocycles. The van der Waals surface area contributed by atoms with E-state index in [1.165, 1.54) is 28.7 Å². The van der Waals surface area contributed by atoms with E-state index in [4.69, 9.17) is 10.5 Å². The summed E-state index contributed by atoms with van der Waals surface area (Å²) in [7, 11) is 0. The van der Waals surface area contributed by atoms with Gasteiger partial charge in [-0.25, -0.2) is 13.2 Å². The zero-order chi connectivity index (χ0) is 11.6. The SMILES string of the molecule is N#CCc1c(F)c(F)c(C#N)c(F)c1I. The van der Waals surface area contributed by atoms with E-state index in [1.807, 2.05) is 0 Å². The first-order valence-electron chi connectivity index (χ1n) is 3.66. The number of halogens is 4. The van der Waals surface area contributed by atoms with Crippen LogP contribution in [0.5, 0.6) is 0 Å². The van der Waals surface area contributed by atoms with Gasteiger partial charge in [-0.2, -0.15) is 10.5 Å². The molecule has 6 heteroatoms. The average molecular weight is 322 g/mol. The molecule has 1 rings (SSSR count). The lowest BCUT2D eigenvalue weighted by molar-refractivity contribution is 0.481. The highest BCUT2D eigenvalue weighted by Crippen LogP contribution is 2.26. The van der Waals surface area contributed by atoms with Crippen LogP contribution in [0.25, 0.3) is 0 Å². The van der Waals surface area contributed by atoms with Crippen LogP contribution >= 0.6 is 22.6 Å². The molecule has 1 aromatic rings. The van der Waals surface area contributed by atoms with Crippen LogP contribution < -0.4 is 0 Å². The third-order valence-corrected chi connectivity index (χ3v) is 2.85. The highest BCUT2D eigenvalue weighted by atomic mass is 127. The van der Waals surface area contributed by atoms with Gasteiger partial charge in [0.2, 0.25) is 0 Å². The summed E-state index contributed by atoms with van der Waals surface area (Å²) in [6, 6.07) is 2.83. The third kappa shape index (κ3) is 1.90. The highest BCUT2D eigenvalue weighted by molar-refractivity contribution is 14.1. The average Bonchev–Trinajstić information content (AvgIpc) is 2.23. The van der Waals surface area contributed by atoms with Crippen molar-refractivity contribution in [3.8, 4) is 12.1 Å². The van der Waals surface area contributed by atoms with E-state index in [0.29, 0.717) is 0 Å². The maximum atomic E-state index is 13.3. The van der Waals surface area contributed by atoms with Crippen LogP contribution in [0.1, 0.15) is 11.1 Å². The third-order valence-electron chi connectivity index (χ3n) is 1.72. The van der Waals surface area contributed by atoms with Gasteiger partial charge in [-0.3, -0.25) is 0 Å². The van der Waals surface area contributed by atoms with Crippen molar-refractivity contribution < 1.29 is 13.2 Å². The molecule has 15 heavy (non-hydrogen) atoms. The summed E-state index contributed by atoms with van der Waals surface area (Å²) in [5.41, 5.74) is -1.31. The number of nitriles is 2. The van der Waals surface area contributed by atoms with E-state index in [2.05, 4.69) is 0 Å². The Morgan fingerprint density at radius 3 is 2.13 bits per heavy atom. The van der Waals surface area contributed by atoms with Crippen LogP contribution in [0.3, 0.4) is 0 Å². The lowest BCUT2D eigenvalue weighted by Crippen LogP contribution is -2.05. The first kappa shape index (κ1) is 11.8. The van der Waals surface area contributed by atoms with Crippen molar-refractivity contribution in [2.24, 2.45) is 0 Å². The largest absolute Gasteiger partial charge is 0.204 e. The Morgan fingerprint density at radius 2 is 1.67 bits per heavy atom. The molecule has 0 N–H and O–H groups in total. The molecule has 0 saturated heterocycles. The fraction of sp³-hybridized carbons (Fsp3) is 0.111. The predicted molar refractivity (Wildman–Crippen MR) is 53.1 cm³/mol. The summed E-state index contributed by atoms with van der Waals surface area (Å²) >= 11 is 1.44. The maximum absolute atomic E-state index is 13.3. The van der Waals surface area contributed by atoms with Gasteiger partial charge in [0.15, 0.2) is 17.5 Å². The van der Waals surface area contributed by atoms with Crippen molar-refractivity contribution in [1.29, 1.82) is 10.5 Å². The van der Waals surface area contributed by atoms with Crippen LogP contribution in [-0.4, -0.2) is 0 Å². The van der Waals surface area contributed by atoms with E-state index in [1.54, 1.807) is 6.07 Å². The Balaban J connectivity index is 3.62. The van der Waals surface area contributed by atoms with Crippen molar-refractivity contribution in [1.82, 2.24) is 0 Å². The zero-order valence-electron chi connectivity index (χ0n) is 7.11. The van der Waals surface area contributed by atoms with Crippen molar-refractivity contribution in [2.45, 2.75) is 6.42 Å². The smallest absolute Gasteiger partial charge is 0.179 e. The van der Waals surface area contributed by atoms with Crippen LogP contribution in [0.2, 0.25) is 0 Å². The standard InChI is InChI=1S/C9H2F3IN2/c10-6-4(1-2-14)9(13)8(12)5(3-15)7(6)11/h1H2. The van der Waals surface area contributed by atoms with Crippen LogP contribution in [0.4, 0.5) is 13.2 Å². The van der Waals surface area contributed by atoms with Gasteiger partial charge in [0.05, 0.1) is 16.1 Å². The summed E-state index contributed by atoms with van der Waals surface area (Å²) in [5.74, 6) is -4.00. The van der Waals surface area contributed by atoms with Crippen molar-refractivity contribution in [3.05, 3.63) is 32.1 Å². The van der Waals surface area contributed by atoms with Crippen molar-refractivity contribution >= 4 is 22.6 Å². The van der Waals surface area contributed by atoms with E-state index < -0.39 is 29.4 Å². The van der Waals surface area contributed by atoms with Gasteiger partial charge in [-0.1, -0.05) is 0 Å². The second kappa shape index (κ2) is 4.49. The molecule has 0 saturated carbocycles. The van der Waals surface area contributed by atoms with Gasteiger partial charge in [-0.15, -0.1) is 0 Å². The number of benzene rings is 1. The number of hydrogen-bond acceptors (Lipinski definition) is 2. The predicted octanol–water partition coefficient (Wildman–Crippen LogP) is 2.65. The minimum absolute atomic E-state index is 0.232. The molecule has 2 nitrogen and oxygen atoms in total. The molecule has 0 fully saturated rings. The first-order valence-corrected chi connectivity index (χ1v) is 4.74. The van der Waals surface area contributed by atoms with E-state index in [9.17, 15) is 13.2 Å². The van der Waals surface area contributed by atoms with Gasteiger partial charge >= 0.3 is 0 Å². The minimum Gasteiger partial charge on any atom is -0.204 e. The Bertz CT molecular complexity index is 471. The molecule has 0 spiro atoms. The number of nitrogens with zero attached hydrogens (tertiary/aromatic N) is 2. The molecule has 0 radical (unpaired) electrons. The summed E-state index contributed by atoms with van der Waals surface area (Å²) in [5, 5.41) is 16.8. The second-order valence-electron chi connectivity index (χ2n) is 2.56. The topological polar surface area (TPSA) is 47.6 Å². The maximum Gasteiger partial charge on any atom is 0.179 e. The zero-order valence-corrected chi connectivity index (χ0v) is 9.27. The monoisotopic (exact) mass is 322 g/mol. The summed E-state index contributed by atoms with van der Waals surface area (Å²) in [6.07, 6.45) is -0.441. The Labute approximate surface area is 97.1 Å². The van der Waals surface area contributed by atoms with Gasteiger partial charge in [0, 0.05) is 5.56 Å². The fourth-order valence-electron chi connectivity index (χ4n) is 1.01. The second-order valence-corrected chi connectivity index (χ2v) is 3.63. The molecular formula is C9H2F3IN2. The molecule has 0 amide bonds. The normalized spacial score (nSPS) is 9.47. The number of hydrogen-bond donors (Lipinski definition) is 0. The van der Waals surface area contributed by atoms with Crippen molar-refractivity contribution in [3.63, 3.8) is 0 Å². The highest BCUT2D eigenvalue weighted by Gasteiger charge is 2.23. The molecule has 0 heterocycles. The molecule has 0 bridgehead atoms. The molecule has 0 aromatic heterocycles.